The molecule has 3 aromatic carbocycles. The van der Waals surface area contributed by atoms with Crippen LogP contribution in [0.25, 0.3) is 0 Å². The molecule has 4 N–H and O–H groups in total. The smallest absolute Gasteiger partial charge is 0.294 e. The number of ketones is 1. The van der Waals surface area contributed by atoms with E-state index in [0.717, 1.165) is 24.0 Å². The molecule has 0 heterocycles. The summed E-state index contributed by atoms with van der Waals surface area (Å²) >= 11 is 0. The molecule has 6 nitrogen and oxygen atoms in total. The third-order valence-corrected chi connectivity index (χ3v) is 5.97. The average Bonchev–Trinajstić information content (AvgIpc) is 2.80. The van der Waals surface area contributed by atoms with E-state index in [-0.39, 0.29) is 10.7 Å². The third kappa shape index (κ3) is 9.67. The zero-order valence-electron chi connectivity index (χ0n) is 18.7. The average molecular weight is 470 g/mol. The fourth-order valence-corrected chi connectivity index (χ4v) is 3.69. The van der Waals surface area contributed by atoms with Crippen molar-refractivity contribution in [2.45, 2.75) is 49.6 Å². The summed E-state index contributed by atoms with van der Waals surface area (Å²) in [6, 6.07) is 25.2. The minimum atomic E-state index is -4.02. The number of rotatable bonds is 9. The van der Waals surface area contributed by atoms with Gasteiger partial charge in [-0.3, -0.25) is 9.35 Å². The topological polar surface area (TPSA) is 118 Å². The lowest BCUT2D eigenvalue weighted by atomic mass is 9.96. The van der Waals surface area contributed by atoms with Crippen molar-refractivity contribution in [2.24, 2.45) is 5.73 Å². The molecule has 0 aromatic heterocycles. The molecule has 0 saturated carbocycles. The number of hydrogen-bond acceptors (Lipinski definition) is 5. The summed E-state index contributed by atoms with van der Waals surface area (Å²) in [4.78, 5) is 12.0. The number of aliphatic hydroxyl groups is 1. The molecule has 0 fully saturated rings. The van der Waals surface area contributed by atoms with E-state index in [4.69, 9.17) is 10.3 Å². The predicted octanol–water partition coefficient (Wildman–Crippen LogP) is 3.75. The van der Waals surface area contributed by atoms with Gasteiger partial charge in [0.05, 0.1) is 4.90 Å². The maximum Gasteiger partial charge on any atom is 0.294 e. The van der Waals surface area contributed by atoms with Crippen molar-refractivity contribution < 1.29 is 22.9 Å². The van der Waals surface area contributed by atoms with Gasteiger partial charge in [-0.15, -0.1) is 0 Å². The van der Waals surface area contributed by atoms with E-state index in [1.807, 2.05) is 67.6 Å². The molecule has 0 radical (unpaired) electrons. The maximum absolute atomic E-state index is 12.0. The van der Waals surface area contributed by atoms with Crippen LogP contribution in [0.2, 0.25) is 0 Å². The van der Waals surface area contributed by atoms with Gasteiger partial charge in [0.25, 0.3) is 10.1 Å². The molecule has 33 heavy (non-hydrogen) atoms. The van der Waals surface area contributed by atoms with Crippen LogP contribution in [0.4, 0.5) is 0 Å². The Hall–Kier alpha value is -2.84. The lowest BCUT2D eigenvalue weighted by Crippen LogP contribution is -2.42. The van der Waals surface area contributed by atoms with Crippen molar-refractivity contribution in [3.63, 3.8) is 0 Å². The molecule has 0 bridgehead atoms. The molecular formula is C26H31NO5S. The van der Waals surface area contributed by atoms with Crippen molar-refractivity contribution in [3.05, 3.63) is 102 Å². The van der Waals surface area contributed by atoms with E-state index in [1.54, 1.807) is 12.1 Å². The van der Waals surface area contributed by atoms with Crippen LogP contribution in [0.5, 0.6) is 0 Å². The lowest BCUT2D eigenvalue weighted by Gasteiger charge is -2.17. The van der Waals surface area contributed by atoms with E-state index >= 15 is 0 Å². The van der Waals surface area contributed by atoms with Gasteiger partial charge in [-0.1, -0.05) is 78.4 Å². The van der Waals surface area contributed by atoms with E-state index in [1.165, 1.54) is 17.7 Å². The second-order valence-electron chi connectivity index (χ2n) is 7.89. The fraction of sp³-hybridized carbons (Fsp3) is 0.269. The molecule has 0 unspecified atom stereocenters. The molecule has 0 saturated heterocycles. The Morgan fingerprint density at radius 2 is 1.39 bits per heavy atom. The standard InChI is InChI=1S/C19H23NO2.C7H8O3S/c20-17(14-16-10-5-2-6-11-16)19(22)18(21)13-7-12-15-8-3-1-4-9-15;1-6-2-4-7(5-3-6)11(8,9)10/h1-6,8-11,17,19,22H,7,12-14,20H2;2-5H,1H3,(H,8,9,10)/t17-,19+;/m1./s1. The van der Waals surface area contributed by atoms with Crippen molar-refractivity contribution in [1.82, 2.24) is 0 Å². The largest absolute Gasteiger partial charge is 0.384 e. The molecule has 0 aliphatic rings. The number of aryl methyl sites for hydroxylation is 2. The summed E-state index contributed by atoms with van der Waals surface area (Å²) in [7, 11) is -4.02. The van der Waals surface area contributed by atoms with Gasteiger partial charge in [0, 0.05) is 12.5 Å². The highest BCUT2D eigenvalue weighted by Crippen LogP contribution is 2.10. The van der Waals surface area contributed by atoms with Crippen molar-refractivity contribution in [2.75, 3.05) is 0 Å². The fourth-order valence-electron chi connectivity index (χ4n) is 3.21. The Balaban J connectivity index is 0.000000294. The van der Waals surface area contributed by atoms with Gasteiger partial charge in [-0.25, -0.2) is 0 Å². The minimum absolute atomic E-state index is 0.0666. The van der Waals surface area contributed by atoms with Gasteiger partial charge in [0.2, 0.25) is 0 Å². The monoisotopic (exact) mass is 469 g/mol. The van der Waals surface area contributed by atoms with Gasteiger partial charge in [-0.05, 0) is 49.4 Å². The predicted molar refractivity (Wildman–Crippen MR) is 130 cm³/mol. The van der Waals surface area contributed by atoms with Crippen molar-refractivity contribution >= 4 is 15.9 Å². The molecular weight excluding hydrogens is 438 g/mol. The maximum atomic E-state index is 12.0. The molecule has 0 spiro atoms. The second-order valence-corrected chi connectivity index (χ2v) is 9.31. The normalized spacial score (nSPS) is 12.8. The van der Waals surface area contributed by atoms with Gasteiger partial charge in [0.15, 0.2) is 5.78 Å². The Morgan fingerprint density at radius 1 is 0.879 bits per heavy atom. The molecule has 3 aromatic rings. The van der Waals surface area contributed by atoms with Gasteiger partial charge < -0.3 is 10.8 Å². The second kappa shape index (κ2) is 13.0. The number of Topliss-reactive ketones (excluding diaryl/α,β-unsaturated/α-hetero) is 1. The molecule has 3 rings (SSSR count). The zero-order chi connectivity index (χ0) is 24.3. The quantitative estimate of drug-likeness (QED) is 0.411. The van der Waals surface area contributed by atoms with Gasteiger partial charge in [-0.2, -0.15) is 8.42 Å². The lowest BCUT2D eigenvalue weighted by molar-refractivity contribution is -0.128. The summed E-state index contributed by atoms with van der Waals surface area (Å²) in [5.41, 5.74) is 9.16. The minimum Gasteiger partial charge on any atom is -0.384 e. The van der Waals surface area contributed by atoms with Crippen molar-refractivity contribution in [3.8, 4) is 0 Å². The number of carbonyl (C=O) groups excluding carboxylic acids is 1. The number of aliphatic hydroxyl groups excluding tert-OH is 1. The van der Waals surface area contributed by atoms with Gasteiger partial charge >= 0.3 is 0 Å². The Kier molecular flexibility index (Phi) is 10.4. The Bertz CT molecular complexity index is 1080. The van der Waals surface area contributed by atoms with E-state index < -0.39 is 22.3 Å². The van der Waals surface area contributed by atoms with E-state index in [9.17, 15) is 18.3 Å². The van der Waals surface area contributed by atoms with Crippen LogP contribution in [0.15, 0.2) is 89.8 Å². The summed E-state index contributed by atoms with van der Waals surface area (Å²) in [5.74, 6) is -0.167. The summed E-state index contributed by atoms with van der Waals surface area (Å²) in [6.07, 6.45) is 1.35. The SMILES string of the molecule is Cc1ccc(S(=O)(=O)O)cc1.N[C@H](Cc1ccccc1)[C@H](O)C(=O)CCCc1ccccc1. The first-order valence-corrected chi connectivity index (χ1v) is 12.2. The number of benzene rings is 3. The molecule has 176 valence electrons. The number of carbonyl (C=O) groups is 1. The summed E-state index contributed by atoms with van der Waals surface area (Å²) in [5, 5.41) is 10.1. The first kappa shape index (κ1) is 26.4. The molecule has 0 amide bonds. The van der Waals surface area contributed by atoms with Crippen LogP contribution in [-0.2, 0) is 27.8 Å². The summed E-state index contributed by atoms with van der Waals surface area (Å²) in [6.45, 7) is 1.84. The molecule has 0 aliphatic carbocycles. The van der Waals surface area contributed by atoms with Crippen LogP contribution in [0.1, 0.15) is 29.5 Å². The number of hydrogen-bond donors (Lipinski definition) is 3. The first-order chi connectivity index (χ1) is 15.7. The Morgan fingerprint density at radius 3 is 1.91 bits per heavy atom. The summed E-state index contributed by atoms with van der Waals surface area (Å²) < 4.78 is 29.6. The highest BCUT2D eigenvalue weighted by atomic mass is 32.2. The molecule has 0 aliphatic heterocycles. The van der Waals surface area contributed by atoms with Crippen LogP contribution in [0.3, 0.4) is 0 Å². The van der Waals surface area contributed by atoms with Crippen LogP contribution >= 0.6 is 0 Å². The van der Waals surface area contributed by atoms with Crippen LogP contribution < -0.4 is 5.73 Å². The van der Waals surface area contributed by atoms with Crippen molar-refractivity contribution in [1.29, 1.82) is 0 Å². The highest BCUT2D eigenvalue weighted by Gasteiger charge is 2.22. The molecule has 7 heteroatoms. The van der Waals surface area contributed by atoms with Crippen LogP contribution in [0, 0.1) is 6.92 Å². The van der Waals surface area contributed by atoms with E-state index in [2.05, 4.69) is 0 Å². The Labute approximate surface area is 195 Å². The van der Waals surface area contributed by atoms with E-state index in [0.29, 0.717) is 12.8 Å². The van der Waals surface area contributed by atoms with Crippen LogP contribution in [-0.4, -0.2) is 36.0 Å². The number of nitrogens with two attached hydrogens (primary N) is 1. The third-order valence-electron chi connectivity index (χ3n) is 5.10. The molecule has 2 atom stereocenters. The zero-order valence-corrected chi connectivity index (χ0v) is 19.5. The highest BCUT2D eigenvalue weighted by molar-refractivity contribution is 7.85. The first-order valence-electron chi connectivity index (χ1n) is 10.7. The van der Waals surface area contributed by atoms with Gasteiger partial charge in [0.1, 0.15) is 6.10 Å².